The van der Waals surface area contributed by atoms with E-state index >= 15 is 0 Å². The Kier molecular flexibility index (Phi) is 6.11. The van der Waals surface area contributed by atoms with Gasteiger partial charge in [0.05, 0.1) is 30.7 Å². The molecule has 0 aromatic heterocycles. The minimum atomic E-state index is -0.608. The van der Waals surface area contributed by atoms with Crippen molar-refractivity contribution in [2.24, 2.45) is 5.73 Å². The second-order valence-electron chi connectivity index (χ2n) is 7.08. The molecule has 0 amide bonds. The van der Waals surface area contributed by atoms with E-state index in [0.717, 1.165) is 0 Å². The number of rotatable bonds is 5. The summed E-state index contributed by atoms with van der Waals surface area (Å²) in [6.07, 6.45) is 0. The summed E-state index contributed by atoms with van der Waals surface area (Å²) < 4.78 is 22.2. The number of fused-ring (bicyclic) bond motifs is 1. The molecular formula is C25H19ClN2O5. The van der Waals surface area contributed by atoms with E-state index in [1.165, 1.54) is 14.2 Å². The van der Waals surface area contributed by atoms with E-state index in [1.807, 2.05) is 6.07 Å². The summed E-state index contributed by atoms with van der Waals surface area (Å²) in [4.78, 5) is 12.6. The normalized spacial score (nSPS) is 14.5. The molecule has 166 valence electrons. The van der Waals surface area contributed by atoms with E-state index in [4.69, 9.17) is 36.3 Å². The highest BCUT2D eigenvalue weighted by Crippen LogP contribution is 2.47. The highest BCUT2D eigenvalue weighted by Gasteiger charge is 2.33. The molecule has 1 unspecified atom stereocenters. The molecule has 2 N–H and O–H groups in total. The lowest BCUT2D eigenvalue weighted by Gasteiger charge is -2.28. The Hall–Kier alpha value is -4.15. The van der Waals surface area contributed by atoms with Crippen LogP contribution in [0.5, 0.6) is 23.0 Å². The third kappa shape index (κ3) is 4.04. The summed E-state index contributed by atoms with van der Waals surface area (Å²) in [6.45, 7) is 0. The molecule has 1 atom stereocenters. The molecule has 7 nitrogen and oxygen atoms in total. The quantitative estimate of drug-likeness (QED) is 0.429. The molecule has 0 bridgehead atoms. The number of carbonyl (C=O) groups is 1. The maximum atomic E-state index is 12.6. The molecule has 1 aliphatic rings. The average molecular weight is 463 g/mol. The van der Waals surface area contributed by atoms with Gasteiger partial charge >= 0.3 is 5.97 Å². The van der Waals surface area contributed by atoms with Crippen molar-refractivity contribution >= 4 is 17.6 Å². The van der Waals surface area contributed by atoms with E-state index in [1.54, 1.807) is 54.6 Å². The molecule has 1 aliphatic heterocycles. The Morgan fingerprint density at radius 1 is 1.06 bits per heavy atom. The second kappa shape index (κ2) is 9.15. The molecule has 0 radical (unpaired) electrons. The maximum absolute atomic E-state index is 12.6. The fourth-order valence-electron chi connectivity index (χ4n) is 3.75. The number of carbonyl (C=O) groups excluding carboxylic acids is 1. The van der Waals surface area contributed by atoms with E-state index in [0.29, 0.717) is 28.4 Å². The number of benzene rings is 3. The predicted molar refractivity (Wildman–Crippen MR) is 122 cm³/mol. The summed E-state index contributed by atoms with van der Waals surface area (Å²) >= 11 is 6.09. The highest BCUT2D eigenvalue weighted by atomic mass is 35.5. The van der Waals surface area contributed by atoms with Crippen LogP contribution in [0, 0.1) is 11.3 Å². The Bertz CT molecular complexity index is 1310. The first kappa shape index (κ1) is 22.1. The molecule has 0 fully saturated rings. The van der Waals surface area contributed by atoms with Gasteiger partial charge in [0.25, 0.3) is 0 Å². The van der Waals surface area contributed by atoms with Crippen molar-refractivity contribution in [2.75, 3.05) is 14.2 Å². The van der Waals surface area contributed by atoms with Gasteiger partial charge in [-0.2, -0.15) is 5.26 Å². The zero-order valence-electron chi connectivity index (χ0n) is 17.8. The molecule has 0 saturated heterocycles. The number of para-hydroxylation sites is 1. The van der Waals surface area contributed by atoms with Crippen LogP contribution in [0.1, 0.15) is 27.4 Å². The van der Waals surface area contributed by atoms with E-state index < -0.39 is 11.9 Å². The van der Waals surface area contributed by atoms with Crippen molar-refractivity contribution in [3.63, 3.8) is 0 Å². The van der Waals surface area contributed by atoms with Crippen LogP contribution in [0.4, 0.5) is 0 Å². The van der Waals surface area contributed by atoms with E-state index in [2.05, 4.69) is 6.07 Å². The average Bonchev–Trinajstić information content (AvgIpc) is 2.82. The lowest BCUT2D eigenvalue weighted by Crippen LogP contribution is -2.21. The van der Waals surface area contributed by atoms with Gasteiger partial charge in [-0.15, -0.1) is 0 Å². The van der Waals surface area contributed by atoms with Crippen LogP contribution in [0.2, 0.25) is 5.02 Å². The maximum Gasteiger partial charge on any atom is 0.345 e. The van der Waals surface area contributed by atoms with E-state index in [-0.39, 0.29) is 27.8 Å². The monoisotopic (exact) mass is 462 g/mol. The summed E-state index contributed by atoms with van der Waals surface area (Å²) in [6, 6.07) is 19.0. The molecule has 3 aromatic rings. The van der Waals surface area contributed by atoms with Gasteiger partial charge in [0.2, 0.25) is 5.88 Å². The van der Waals surface area contributed by atoms with Gasteiger partial charge in [-0.05, 0) is 24.3 Å². The lowest BCUT2D eigenvalue weighted by atomic mass is 9.83. The fourth-order valence-corrected chi connectivity index (χ4v) is 3.96. The van der Waals surface area contributed by atoms with Crippen molar-refractivity contribution in [1.29, 1.82) is 5.26 Å². The van der Waals surface area contributed by atoms with Crippen LogP contribution in [0.3, 0.4) is 0 Å². The van der Waals surface area contributed by atoms with Gasteiger partial charge in [0.1, 0.15) is 23.1 Å². The number of nitriles is 1. The predicted octanol–water partition coefficient (Wildman–Crippen LogP) is 4.79. The first-order valence-electron chi connectivity index (χ1n) is 9.87. The molecule has 0 spiro atoms. The molecular weight excluding hydrogens is 444 g/mol. The second-order valence-corrected chi connectivity index (χ2v) is 7.48. The van der Waals surface area contributed by atoms with Gasteiger partial charge in [-0.3, -0.25) is 0 Å². The number of nitrogens with two attached hydrogens (primary N) is 1. The number of methoxy groups -OCH3 is 2. The minimum Gasteiger partial charge on any atom is -0.493 e. The molecule has 8 heteroatoms. The van der Waals surface area contributed by atoms with Crippen LogP contribution in [0.25, 0.3) is 0 Å². The summed E-state index contributed by atoms with van der Waals surface area (Å²) in [5.74, 6) is 0.362. The van der Waals surface area contributed by atoms with Crippen LogP contribution in [-0.4, -0.2) is 20.2 Å². The highest BCUT2D eigenvalue weighted by molar-refractivity contribution is 6.33. The molecule has 33 heavy (non-hydrogen) atoms. The summed E-state index contributed by atoms with van der Waals surface area (Å²) in [7, 11) is 3.06. The lowest BCUT2D eigenvalue weighted by molar-refractivity contribution is 0.0734. The first-order valence-corrected chi connectivity index (χ1v) is 10.3. The van der Waals surface area contributed by atoms with Gasteiger partial charge in [0.15, 0.2) is 11.5 Å². The minimum absolute atomic E-state index is 0.0468. The molecule has 0 aliphatic carbocycles. The zero-order chi connectivity index (χ0) is 23.5. The van der Waals surface area contributed by atoms with Crippen LogP contribution < -0.4 is 24.7 Å². The largest absolute Gasteiger partial charge is 0.493 e. The first-order chi connectivity index (χ1) is 16.0. The molecule has 0 saturated carbocycles. The van der Waals surface area contributed by atoms with E-state index in [9.17, 15) is 10.1 Å². The topological polar surface area (TPSA) is 104 Å². The third-order valence-electron chi connectivity index (χ3n) is 5.24. The van der Waals surface area contributed by atoms with Crippen molar-refractivity contribution in [3.05, 3.63) is 93.8 Å². The number of allylic oxidation sites excluding steroid dienone is 1. The third-order valence-corrected chi connectivity index (χ3v) is 5.57. The molecule has 4 rings (SSSR count). The fraction of sp³-hybridized carbons (Fsp3) is 0.120. The van der Waals surface area contributed by atoms with Crippen molar-refractivity contribution < 1.29 is 23.7 Å². The smallest absolute Gasteiger partial charge is 0.345 e. The number of hydrogen-bond donors (Lipinski definition) is 1. The Morgan fingerprint density at radius 3 is 2.55 bits per heavy atom. The van der Waals surface area contributed by atoms with Crippen molar-refractivity contribution in [3.8, 4) is 29.1 Å². The number of halogens is 1. The van der Waals surface area contributed by atoms with Crippen molar-refractivity contribution in [1.82, 2.24) is 0 Å². The Balaban J connectivity index is 1.76. The SMILES string of the molecule is COc1cccc(C2C(C#N)=C(N)Oc3cc(OC(=O)c4ccccc4Cl)ccc32)c1OC. The van der Waals surface area contributed by atoms with Crippen LogP contribution >= 0.6 is 11.6 Å². The number of ether oxygens (including phenoxy) is 4. The number of nitrogens with zero attached hydrogens (tertiary/aromatic N) is 1. The summed E-state index contributed by atoms with van der Waals surface area (Å²) in [5.41, 5.74) is 7.90. The van der Waals surface area contributed by atoms with Crippen LogP contribution in [0.15, 0.2) is 72.1 Å². The Morgan fingerprint density at radius 2 is 1.85 bits per heavy atom. The van der Waals surface area contributed by atoms with Gasteiger partial charge in [-0.25, -0.2) is 4.79 Å². The van der Waals surface area contributed by atoms with Crippen LogP contribution in [-0.2, 0) is 0 Å². The van der Waals surface area contributed by atoms with Gasteiger partial charge in [-0.1, -0.05) is 41.9 Å². The number of esters is 1. The standard InChI is InChI=1S/C25H19ClN2O5/c1-30-20-9-5-7-17(23(20)31-2)22-16-11-10-14(12-21(16)33-24(28)18(22)13-27)32-25(29)15-6-3-4-8-19(15)26/h3-12,22H,28H2,1-2H3. The van der Waals surface area contributed by atoms with Gasteiger partial charge < -0.3 is 24.7 Å². The van der Waals surface area contributed by atoms with Gasteiger partial charge in [0, 0.05) is 17.2 Å². The Labute approximate surface area is 195 Å². The van der Waals surface area contributed by atoms with Crippen molar-refractivity contribution in [2.45, 2.75) is 5.92 Å². The molecule has 1 heterocycles. The zero-order valence-corrected chi connectivity index (χ0v) is 18.6. The molecule has 3 aromatic carbocycles. The summed E-state index contributed by atoms with van der Waals surface area (Å²) in [5, 5.41) is 10.1. The number of hydrogen-bond acceptors (Lipinski definition) is 7.